The summed E-state index contributed by atoms with van der Waals surface area (Å²) in [5, 5.41) is 10.1. The van der Waals surface area contributed by atoms with Crippen LogP contribution in [-0.4, -0.2) is 76.4 Å². The number of hydrogen-bond acceptors (Lipinski definition) is 8. The summed E-state index contributed by atoms with van der Waals surface area (Å²) < 4.78 is 16.4. The number of aliphatic hydroxyl groups is 1. The van der Waals surface area contributed by atoms with Gasteiger partial charge in [-0.1, -0.05) is 18.2 Å². The van der Waals surface area contributed by atoms with Crippen LogP contribution in [0.1, 0.15) is 44.4 Å². The molecule has 0 unspecified atom stereocenters. The van der Waals surface area contributed by atoms with E-state index in [1.165, 1.54) is 0 Å². The number of carbonyl (C=O) groups is 2. The smallest absolute Gasteiger partial charge is 0.272 e. The van der Waals surface area contributed by atoms with Gasteiger partial charge in [0, 0.05) is 55.3 Å². The second-order valence-electron chi connectivity index (χ2n) is 10.7. The van der Waals surface area contributed by atoms with E-state index in [-0.39, 0.29) is 31.8 Å². The summed E-state index contributed by atoms with van der Waals surface area (Å²) in [7, 11) is 0. The fourth-order valence-corrected chi connectivity index (χ4v) is 6.04. The summed E-state index contributed by atoms with van der Waals surface area (Å²) in [4.78, 5) is 40.3. The van der Waals surface area contributed by atoms with Gasteiger partial charge in [0.15, 0.2) is 11.5 Å². The van der Waals surface area contributed by atoms with Crippen molar-refractivity contribution >= 4 is 11.8 Å². The number of pyridine rings is 2. The average molecular weight is 579 g/mol. The maximum Gasteiger partial charge on any atom is 0.272 e. The molecule has 1 atom stereocenters. The third kappa shape index (κ3) is 5.09. The van der Waals surface area contributed by atoms with Gasteiger partial charge in [-0.25, -0.2) is 4.98 Å². The van der Waals surface area contributed by atoms with Crippen LogP contribution in [0.5, 0.6) is 11.5 Å². The number of rotatable bonds is 6. The molecule has 1 N–H and O–H groups in total. The lowest BCUT2D eigenvalue weighted by Gasteiger charge is -2.27. The average Bonchev–Trinajstić information content (AvgIpc) is 3.69. The minimum atomic E-state index is -0.447. The highest BCUT2D eigenvalue weighted by molar-refractivity contribution is 5.97. The molecule has 2 aromatic carbocycles. The fourth-order valence-electron chi connectivity index (χ4n) is 6.04. The Morgan fingerprint density at radius 3 is 2.49 bits per heavy atom. The predicted octanol–water partition coefficient (Wildman–Crippen LogP) is 4.09. The number of fused-ring (bicyclic) bond motifs is 2. The molecule has 0 bridgehead atoms. The number of ether oxygens (including phenoxy) is 3. The molecule has 3 aliphatic heterocycles. The molecule has 0 radical (unpaired) electrons. The molecular weight excluding hydrogens is 548 g/mol. The van der Waals surface area contributed by atoms with Crippen molar-refractivity contribution in [3.05, 3.63) is 95.4 Å². The zero-order valence-electron chi connectivity index (χ0n) is 23.4. The standard InChI is InChI=1S/C33H30N4O6/c38-13-8-27-30-25(19-37(27)32(39)24-4-5-28-29(18-24)43-20-42-28)17-26(33(40)36-11-14-41-15-12-36)35-31(30)23-3-1-2-22(16-23)21-6-9-34-10-7-21/h1-7,9-10,16-18,27,38H,8,11-15,19-20H2/t27-/m1/s1. The lowest BCUT2D eigenvalue weighted by molar-refractivity contribution is 0.0299. The molecule has 5 heterocycles. The molecule has 10 heteroatoms. The van der Waals surface area contributed by atoms with Crippen molar-refractivity contribution in [1.29, 1.82) is 0 Å². The van der Waals surface area contributed by atoms with Crippen LogP contribution in [0.2, 0.25) is 0 Å². The number of aromatic nitrogens is 2. The molecule has 7 rings (SSSR count). The van der Waals surface area contributed by atoms with Gasteiger partial charge in [0.2, 0.25) is 6.79 Å². The first kappa shape index (κ1) is 27.1. The van der Waals surface area contributed by atoms with E-state index in [9.17, 15) is 14.7 Å². The largest absolute Gasteiger partial charge is 0.454 e. The first-order valence-corrected chi connectivity index (χ1v) is 14.3. The Labute approximate surface area is 248 Å². The van der Waals surface area contributed by atoms with Crippen LogP contribution in [0.15, 0.2) is 73.1 Å². The highest BCUT2D eigenvalue weighted by Gasteiger charge is 2.38. The number of aliphatic hydroxyl groups excluding tert-OH is 1. The molecule has 4 aromatic rings. The molecule has 0 spiro atoms. The van der Waals surface area contributed by atoms with Crippen molar-refractivity contribution in [3.63, 3.8) is 0 Å². The first-order valence-electron chi connectivity index (χ1n) is 14.3. The topological polar surface area (TPSA) is 114 Å². The Balaban J connectivity index is 1.33. The van der Waals surface area contributed by atoms with E-state index in [2.05, 4.69) is 4.98 Å². The maximum atomic E-state index is 14.0. The van der Waals surface area contributed by atoms with Gasteiger partial charge in [-0.2, -0.15) is 0 Å². The van der Waals surface area contributed by atoms with Gasteiger partial charge in [-0.3, -0.25) is 14.6 Å². The van der Waals surface area contributed by atoms with Crippen molar-refractivity contribution < 1.29 is 28.9 Å². The van der Waals surface area contributed by atoms with E-state index in [0.717, 1.165) is 27.8 Å². The summed E-state index contributed by atoms with van der Waals surface area (Å²) >= 11 is 0. The molecule has 2 aromatic heterocycles. The second-order valence-corrected chi connectivity index (χ2v) is 10.7. The molecule has 2 amide bonds. The van der Waals surface area contributed by atoms with Gasteiger partial charge >= 0.3 is 0 Å². The normalized spacial score (nSPS) is 17.2. The van der Waals surface area contributed by atoms with E-state index in [0.29, 0.717) is 61.2 Å². The van der Waals surface area contributed by atoms with Gasteiger partial charge in [0.05, 0.1) is 24.9 Å². The van der Waals surface area contributed by atoms with Crippen LogP contribution in [0.4, 0.5) is 0 Å². The van der Waals surface area contributed by atoms with Crippen molar-refractivity contribution in [1.82, 2.24) is 19.8 Å². The van der Waals surface area contributed by atoms with Gasteiger partial charge in [-0.15, -0.1) is 0 Å². The van der Waals surface area contributed by atoms with Crippen LogP contribution in [0, 0.1) is 0 Å². The fraction of sp³-hybridized carbons (Fsp3) is 0.273. The summed E-state index contributed by atoms with van der Waals surface area (Å²) in [5.74, 6) is 0.748. The summed E-state index contributed by atoms with van der Waals surface area (Å²) in [5.41, 5.74) is 5.89. The molecule has 1 fully saturated rings. The highest BCUT2D eigenvalue weighted by atomic mass is 16.7. The quantitative estimate of drug-likeness (QED) is 0.364. The van der Waals surface area contributed by atoms with Crippen LogP contribution in [0.25, 0.3) is 22.4 Å². The number of morpholine rings is 1. The van der Waals surface area contributed by atoms with Crippen molar-refractivity contribution in [2.75, 3.05) is 39.7 Å². The van der Waals surface area contributed by atoms with Gasteiger partial charge < -0.3 is 29.1 Å². The molecule has 43 heavy (non-hydrogen) atoms. The van der Waals surface area contributed by atoms with Crippen molar-refractivity contribution in [3.8, 4) is 33.9 Å². The SMILES string of the molecule is O=C(c1cc2c(c(-c3cccc(-c4ccncc4)c3)n1)[C@@H](CCO)N(C(=O)c1ccc3c(c1)OCO3)C2)N1CCOCC1. The lowest BCUT2D eigenvalue weighted by atomic mass is 9.94. The summed E-state index contributed by atoms with van der Waals surface area (Å²) in [6.45, 7) is 2.21. The molecule has 3 aliphatic rings. The number of nitrogens with zero attached hydrogens (tertiary/aromatic N) is 4. The van der Waals surface area contributed by atoms with Gasteiger partial charge in [-0.05, 0) is 65.6 Å². The second kappa shape index (κ2) is 11.5. The number of carbonyl (C=O) groups excluding carboxylic acids is 2. The Kier molecular flexibility index (Phi) is 7.22. The van der Waals surface area contributed by atoms with Crippen LogP contribution >= 0.6 is 0 Å². The monoisotopic (exact) mass is 578 g/mol. The zero-order valence-corrected chi connectivity index (χ0v) is 23.4. The van der Waals surface area contributed by atoms with Gasteiger partial charge in [0.25, 0.3) is 11.8 Å². The third-order valence-electron chi connectivity index (χ3n) is 8.14. The molecule has 1 saturated heterocycles. The molecule has 218 valence electrons. The Morgan fingerprint density at radius 1 is 0.884 bits per heavy atom. The van der Waals surface area contributed by atoms with E-state index in [1.807, 2.05) is 36.4 Å². The Morgan fingerprint density at radius 2 is 1.67 bits per heavy atom. The molecular formula is C33H30N4O6. The van der Waals surface area contributed by atoms with Crippen molar-refractivity contribution in [2.45, 2.75) is 19.0 Å². The highest BCUT2D eigenvalue weighted by Crippen LogP contribution is 2.43. The molecule has 0 saturated carbocycles. The minimum absolute atomic E-state index is 0.114. The van der Waals surface area contributed by atoms with Crippen LogP contribution in [-0.2, 0) is 11.3 Å². The third-order valence-corrected chi connectivity index (χ3v) is 8.14. The Bertz CT molecular complexity index is 1690. The maximum absolute atomic E-state index is 14.0. The van der Waals surface area contributed by atoms with E-state index in [4.69, 9.17) is 19.2 Å². The molecule has 0 aliphatic carbocycles. The number of benzene rings is 2. The Hall–Kier alpha value is -4.80. The van der Waals surface area contributed by atoms with E-state index >= 15 is 0 Å². The molecule has 10 nitrogen and oxygen atoms in total. The van der Waals surface area contributed by atoms with Gasteiger partial charge in [0.1, 0.15) is 5.69 Å². The first-order chi connectivity index (χ1) is 21.1. The van der Waals surface area contributed by atoms with E-state index in [1.54, 1.807) is 46.5 Å². The number of amides is 2. The minimum Gasteiger partial charge on any atom is -0.454 e. The summed E-state index contributed by atoms with van der Waals surface area (Å²) in [6, 6.07) is 18.4. The lowest BCUT2D eigenvalue weighted by Crippen LogP contribution is -2.41. The zero-order chi connectivity index (χ0) is 29.3. The number of hydrogen-bond donors (Lipinski definition) is 1. The summed E-state index contributed by atoms with van der Waals surface area (Å²) in [6.07, 6.45) is 3.81. The van der Waals surface area contributed by atoms with Crippen LogP contribution in [0.3, 0.4) is 0 Å². The van der Waals surface area contributed by atoms with Crippen LogP contribution < -0.4 is 9.47 Å². The predicted molar refractivity (Wildman–Crippen MR) is 157 cm³/mol. The van der Waals surface area contributed by atoms with E-state index < -0.39 is 6.04 Å². The van der Waals surface area contributed by atoms with Crippen molar-refractivity contribution in [2.24, 2.45) is 0 Å².